The quantitative estimate of drug-likeness (QED) is 0.556. The van der Waals surface area contributed by atoms with Gasteiger partial charge in [-0.05, 0) is 24.5 Å². The predicted molar refractivity (Wildman–Crippen MR) is 64.6 cm³/mol. The Kier molecular flexibility index (Phi) is 4.23. The largest absolute Gasteiger partial charge is 0.337 e. The van der Waals surface area contributed by atoms with Crippen molar-refractivity contribution in [3.8, 4) is 5.75 Å². The van der Waals surface area contributed by atoms with Crippen LogP contribution in [0.3, 0.4) is 0 Å². The number of hydrogen-bond acceptors (Lipinski definition) is 2. The fraction of sp³-hybridized carbons (Fsp3) is 0.571. The fourth-order valence-electron chi connectivity index (χ4n) is 2.19. The van der Waals surface area contributed by atoms with Crippen LogP contribution in [-0.4, -0.2) is 6.61 Å². The van der Waals surface area contributed by atoms with E-state index in [1.807, 2.05) is 6.07 Å². The van der Waals surface area contributed by atoms with Crippen LogP contribution in [0.1, 0.15) is 43.7 Å². The maximum absolute atomic E-state index is 5.30. The third-order valence-electron chi connectivity index (χ3n) is 3.11. The second-order valence-electron chi connectivity index (χ2n) is 4.36. The highest BCUT2D eigenvalue weighted by Gasteiger charge is 2.13. The van der Waals surface area contributed by atoms with Gasteiger partial charge in [0.25, 0.3) is 0 Å². The minimum atomic E-state index is 0.662. The van der Waals surface area contributed by atoms with E-state index in [4.69, 9.17) is 9.78 Å². The van der Waals surface area contributed by atoms with E-state index in [9.17, 15) is 0 Å². The Balaban J connectivity index is 2.02. The molecular formula is C14H20O2. The van der Waals surface area contributed by atoms with Crippen LogP contribution in [0.25, 0.3) is 0 Å². The molecular weight excluding hydrogens is 200 g/mol. The van der Waals surface area contributed by atoms with Crippen molar-refractivity contribution >= 4 is 0 Å². The molecule has 0 fully saturated rings. The lowest BCUT2D eigenvalue weighted by Crippen LogP contribution is -1.96. The highest BCUT2D eigenvalue weighted by molar-refractivity contribution is 5.40. The standard InChI is InChI=1S/C14H20O2/c1-2-3-4-5-8-13-12-7-6-9-14(13)16-15-11-10-12/h6-7,9H,2-5,8,10-11H2,1H3. The molecule has 0 unspecified atom stereocenters. The molecule has 0 aromatic heterocycles. The van der Waals surface area contributed by atoms with Gasteiger partial charge in [-0.15, -0.1) is 0 Å². The summed E-state index contributed by atoms with van der Waals surface area (Å²) in [5, 5.41) is 0. The molecule has 0 N–H and O–H groups in total. The molecule has 0 spiro atoms. The van der Waals surface area contributed by atoms with E-state index in [-0.39, 0.29) is 0 Å². The molecule has 0 saturated carbocycles. The van der Waals surface area contributed by atoms with Gasteiger partial charge in [-0.1, -0.05) is 38.3 Å². The van der Waals surface area contributed by atoms with Crippen molar-refractivity contribution < 1.29 is 9.78 Å². The smallest absolute Gasteiger partial charge is 0.168 e. The van der Waals surface area contributed by atoms with Crippen LogP contribution in [0.4, 0.5) is 0 Å². The van der Waals surface area contributed by atoms with Gasteiger partial charge in [0.1, 0.15) is 0 Å². The molecule has 1 aromatic rings. The predicted octanol–water partition coefficient (Wildman–Crippen LogP) is 3.68. The van der Waals surface area contributed by atoms with Crippen molar-refractivity contribution in [2.75, 3.05) is 6.61 Å². The van der Waals surface area contributed by atoms with Crippen LogP contribution < -0.4 is 4.89 Å². The maximum atomic E-state index is 5.30. The van der Waals surface area contributed by atoms with Gasteiger partial charge >= 0.3 is 0 Å². The lowest BCUT2D eigenvalue weighted by molar-refractivity contribution is -0.203. The summed E-state index contributed by atoms with van der Waals surface area (Å²) in [5.41, 5.74) is 2.75. The highest BCUT2D eigenvalue weighted by atomic mass is 17.2. The minimum Gasteiger partial charge on any atom is -0.337 e. The Morgan fingerprint density at radius 3 is 3.00 bits per heavy atom. The Morgan fingerprint density at radius 1 is 1.19 bits per heavy atom. The summed E-state index contributed by atoms with van der Waals surface area (Å²) in [6.45, 7) is 2.90. The summed E-state index contributed by atoms with van der Waals surface area (Å²) in [6.07, 6.45) is 7.27. The van der Waals surface area contributed by atoms with Crippen molar-refractivity contribution in [3.05, 3.63) is 29.3 Å². The molecule has 2 bridgehead atoms. The van der Waals surface area contributed by atoms with Gasteiger partial charge in [-0.3, -0.25) is 0 Å². The van der Waals surface area contributed by atoms with Crippen molar-refractivity contribution in [2.45, 2.75) is 45.4 Å². The van der Waals surface area contributed by atoms with E-state index in [0.29, 0.717) is 6.61 Å². The Morgan fingerprint density at radius 2 is 2.12 bits per heavy atom. The van der Waals surface area contributed by atoms with Crippen molar-refractivity contribution in [1.29, 1.82) is 0 Å². The summed E-state index contributed by atoms with van der Waals surface area (Å²) in [6, 6.07) is 6.25. The van der Waals surface area contributed by atoms with E-state index in [1.165, 1.54) is 36.8 Å². The molecule has 1 heterocycles. The fourth-order valence-corrected chi connectivity index (χ4v) is 2.19. The van der Waals surface area contributed by atoms with Crippen LogP contribution >= 0.6 is 0 Å². The molecule has 0 aliphatic carbocycles. The minimum absolute atomic E-state index is 0.662. The Hall–Kier alpha value is -1.02. The zero-order valence-electron chi connectivity index (χ0n) is 10.00. The maximum Gasteiger partial charge on any atom is 0.168 e. The first-order valence-corrected chi connectivity index (χ1v) is 6.32. The SMILES string of the molecule is CCCCCCc1c2cccc1OOCC2. The zero-order valence-corrected chi connectivity index (χ0v) is 10.00. The molecule has 2 nitrogen and oxygen atoms in total. The van der Waals surface area contributed by atoms with E-state index in [2.05, 4.69) is 19.1 Å². The second kappa shape index (κ2) is 5.90. The molecule has 0 radical (unpaired) electrons. The average Bonchev–Trinajstić information content (AvgIpc) is 2.42. The van der Waals surface area contributed by atoms with E-state index in [1.54, 1.807) is 0 Å². The van der Waals surface area contributed by atoms with Gasteiger partial charge in [0, 0.05) is 12.0 Å². The number of benzene rings is 1. The van der Waals surface area contributed by atoms with Gasteiger partial charge in [0.05, 0.1) is 6.61 Å². The first-order chi connectivity index (χ1) is 7.92. The van der Waals surface area contributed by atoms with Gasteiger partial charge < -0.3 is 4.89 Å². The normalized spacial score (nSPS) is 14.3. The molecule has 1 aromatic carbocycles. The highest BCUT2D eigenvalue weighted by Crippen LogP contribution is 2.27. The summed E-state index contributed by atoms with van der Waals surface area (Å²) < 4.78 is 0. The van der Waals surface area contributed by atoms with Gasteiger partial charge in [-0.25, -0.2) is 0 Å². The molecule has 1 aliphatic heterocycles. The second-order valence-corrected chi connectivity index (χ2v) is 4.36. The first kappa shape index (κ1) is 11.5. The van der Waals surface area contributed by atoms with Crippen molar-refractivity contribution in [2.24, 2.45) is 0 Å². The summed E-state index contributed by atoms with van der Waals surface area (Å²) in [4.78, 5) is 10.4. The molecule has 16 heavy (non-hydrogen) atoms. The molecule has 0 atom stereocenters. The Bertz CT molecular complexity index is 309. The molecule has 2 rings (SSSR count). The van der Waals surface area contributed by atoms with Crippen LogP contribution in [0.2, 0.25) is 0 Å². The summed E-state index contributed by atoms with van der Waals surface area (Å²) in [7, 11) is 0. The third-order valence-corrected chi connectivity index (χ3v) is 3.11. The third kappa shape index (κ3) is 2.76. The zero-order chi connectivity index (χ0) is 11.2. The van der Waals surface area contributed by atoms with Crippen molar-refractivity contribution in [1.82, 2.24) is 0 Å². The topological polar surface area (TPSA) is 18.5 Å². The number of hydrogen-bond donors (Lipinski definition) is 0. The lowest BCUT2D eigenvalue weighted by atomic mass is 9.98. The monoisotopic (exact) mass is 220 g/mol. The van der Waals surface area contributed by atoms with Crippen LogP contribution in [-0.2, 0) is 17.7 Å². The number of rotatable bonds is 5. The van der Waals surface area contributed by atoms with E-state index < -0.39 is 0 Å². The molecule has 88 valence electrons. The van der Waals surface area contributed by atoms with Crippen LogP contribution in [0, 0.1) is 0 Å². The Labute approximate surface area is 97.5 Å². The molecule has 1 aliphatic rings. The summed E-state index contributed by atoms with van der Waals surface area (Å²) in [5.74, 6) is 0.923. The van der Waals surface area contributed by atoms with Crippen LogP contribution in [0.5, 0.6) is 5.75 Å². The van der Waals surface area contributed by atoms with Gasteiger partial charge in [0.15, 0.2) is 5.75 Å². The van der Waals surface area contributed by atoms with Crippen LogP contribution in [0.15, 0.2) is 18.2 Å². The lowest BCUT2D eigenvalue weighted by Gasteiger charge is -2.09. The van der Waals surface area contributed by atoms with Gasteiger partial charge in [0.2, 0.25) is 0 Å². The van der Waals surface area contributed by atoms with E-state index in [0.717, 1.165) is 18.6 Å². The average molecular weight is 220 g/mol. The number of fused-ring (bicyclic) bond motifs is 2. The summed E-state index contributed by atoms with van der Waals surface area (Å²) >= 11 is 0. The van der Waals surface area contributed by atoms with Gasteiger partial charge in [-0.2, -0.15) is 4.89 Å². The van der Waals surface area contributed by atoms with Crippen molar-refractivity contribution in [3.63, 3.8) is 0 Å². The van der Waals surface area contributed by atoms with E-state index >= 15 is 0 Å². The molecule has 0 amide bonds. The molecule has 0 saturated heterocycles. The first-order valence-electron chi connectivity index (χ1n) is 6.32. The molecule has 2 heteroatoms. The number of unbranched alkanes of at least 4 members (excludes halogenated alkanes) is 3.